The molecule has 0 spiro atoms. The Hall–Kier alpha value is -1.06. The normalized spacial score (nSPS) is 43.2. The standard InChI is InChI=1S/C15H23NO3/c1-14-5-10-4-11(6-14)8-15(7-10,9-14)13(19)16-3-2-12(17)18/h10-11H,2-9H2,1H3,(H,16,19)(H,17,18). The van der Waals surface area contributed by atoms with Crippen molar-refractivity contribution in [2.45, 2.75) is 51.9 Å². The van der Waals surface area contributed by atoms with Crippen LogP contribution in [-0.2, 0) is 9.59 Å². The van der Waals surface area contributed by atoms with Gasteiger partial charge in [0.05, 0.1) is 11.8 Å². The Bertz CT molecular complexity index is 404. The Morgan fingerprint density at radius 2 is 1.84 bits per heavy atom. The van der Waals surface area contributed by atoms with Crippen molar-refractivity contribution < 1.29 is 14.7 Å². The molecular weight excluding hydrogens is 242 g/mol. The summed E-state index contributed by atoms with van der Waals surface area (Å²) in [5.74, 6) is 0.708. The Morgan fingerprint density at radius 1 is 1.21 bits per heavy atom. The number of hydrogen-bond donors (Lipinski definition) is 2. The summed E-state index contributed by atoms with van der Waals surface area (Å²) < 4.78 is 0. The second kappa shape index (κ2) is 4.22. The van der Waals surface area contributed by atoms with Gasteiger partial charge in [0, 0.05) is 6.54 Å². The van der Waals surface area contributed by atoms with Crippen molar-refractivity contribution >= 4 is 11.9 Å². The van der Waals surface area contributed by atoms with Gasteiger partial charge >= 0.3 is 5.97 Å². The third-order valence-corrected chi connectivity index (χ3v) is 5.46. The Balaban J connectivity index is 1.69. The molecule has 0 heterocycles. The van der Waals surface area contributed by atoms with Gasteiger partial charge in [0.25, 0.3) is 0 Å². The van der Waals surface area contributed by atoms with Gasteiger partial charge in [-0.3, -0.25) is 9.59 Å². The van der Waals surface area contributed by atoms with E-state index < -0.39 is 5.97 Å². The zero-order valence-corrected chi connectivity index (χ0v) is 11.6. The van der Waals surface area contributed by atoms with Gasteiger partial charge in [-0.1, -0.05) is 6.92 Å². The molecule has 0 aromatic heterocycles. The molecule has 2 atom stereocenters. The van der Waals surface area contributed by atoms with E-state index in [4.69, 9.17) is 5.11 Å². The molecule has 0 saturated heterocycles. The predicted molar refractivity (Wildman–Crippen MR) is 70.5 cm³/mol. The van der Waals surface area contributed by atoms with Crippen LogP contribution in [0.5, 0.6) is 0 Å². The predicted octanol–water partition coefficient (Wildman–Crippen LogP) is 2.18. The number of amides is 1. The summed E-state index contributed by atoms with van der Waals surface area (Å²) in [6.07, 6.45) is 6.95. The molecule has 106 valence electrons. The van der Waals surface area contributed by atoms with Crippen LogP contribution in [0.25, 0.3) is 0 Å². The summed E-state index contributed by atoms with van der Waals surface area (Å²) in [5.41, 5.74) is 0.172. The second-order valence-electron chi connectivity index (χ2n) is 7.45. The summed E-state index contributed by atoms with van der Waals surface area (Å²) in [4.78, 5) is 23.0. The van der Waals surface area contributed by atoms with Crippen molar-refractivity contribution in [3.8, 4) is 0 Å². The lowest BCUT2D eigenvalue weighted by atomic mass is 9.44. The topological polar surface area (TPSA) is 66.4 Å². The lowest BCUT2D eigenvalue weighted by Crippen LogP contribution is -2.56. The molecule has 0 aliphatic heterocycles. The first-order chi connectivity index (χ1) is 8.91. The summed E-state index contributed by atoms with van der Waals surface area (Å²) in [6.45, 7) is 2.60. The van der Waals surface area contributed by atoms with Gasteiger partial charge in [0.2, 0.25) is 5.91 Å². The molecule has 1 amide bonds. The maximum Gasteiger partial charge on any atom is 0.305 e. The van der Waals surface area contributed by atoms with Gasteiger partial charge in [-0.05, 0) is 55.8 Å². The highest BCUT2D eigenvalue weighted by Gasteiger charge is 2.58. The van der Waals surface area contributed by atoms with E-state index in [1.54, 1.807) is 0 Å². The second-order valence-corrected chi connectivity index (χ2v) is 7.45. The molecule has 4 fully saturated rings. The van der Waals surface area contributed by atoms with Crippen LogP contribution in [0.15, 0.2) is 0 Å². The van der Waals surface area contributed by atoms with Crippen LogP contribution >= 0.6 is 0 Å². The van der Waals surface area contributed by atoms with Crippen molar-refractivity contribution in [1.29, 1.82) is 0 Å². The summed E-state index contributed by atoms with van der Waals surface area (Å²) in [5, 5.41) is 11.5. The van der Waals surface area contributed by atoms with E-state index in [9.17, 15) is 9.59 Å². The van der Waals surface area contributed by atoms with Crippen LogP contribution in [0, 0.1) is 22.7 Å². The zero-order valence-electron chi connectivity index (χ0n) is 11.6. The lowest BCUT2D eigenvalue weighted by molar-refractivity contribution is -0.155. The molecule has 4 aliphatic rings. The van der Waals surface area contributed by atoms with Crippen LogP contribution in [0.3, 0.4) is 0 Å². The van der Waals surface area contributed by atoms with Gasteiger partial charge in [0.15, 0.2) is 0 Å². The molecule has 0 radical (unpaired) electrons. The quantitative estimate of drug-likeness (QED) is 0.818. The highest BCUT2D eigenvalue weighted by atomic mass is 16.4. The van der Waals surface area contributed by atoms with Gasteiger partial charge in [-0.2, -0.15) is 0 Å². The number of carbonyl (C=O) groups excluding carboxylic acids is 1. The number of nitrogens with one attached hydrogen (secondary N) is 1. The number of carboxylic acids is 1. The van der Waals surface area contributed by atoms with Crippen LogP contribution in [0.2, 0.25) is 0 Å². The first kappa shape index (κ1) is 12.9. The SMILES string of the molecule is CC12CC3CC(C1)CC(C(=O)NCCC(=O)O)(C3)C2. The van der Waals surface area contributed by atoms with E-state index in [0.717, 1.165) is 31.1 Å². The molecule has 19 heavy (non-hydrogen) atoms. The van der Waals surface area contributed by atoms with E-state index >= 15 is 0 Å². The molecule has 4 nitrogen and oxygen atoms in total. The highest BCUT2D eigenvalue weighted by molar-refractivity contribution is 5.83. The van der Waals surface area contributed by atoms with Crippen molar-refractivity contribution in [1.82, 2.24) is 5.32 Å². The number of aliphatic carboxylic acids is 1. The van der Waals surface area contributed by atoms with Crippen molar-refractivity contribution in [2.24, 2.45) is 22.7 Å². The van der Waals surface area contributed by atoms with Crippen molar-refractivity contribution in [3.63, 3.8) is 0 Å². The van der Waals surface area contributed by atoms with E-state index in [1.807, 2.05) is 0 Å². The average Bonchev–Trinajstić information content (AvgIpc) is 2.24. The Labute approximate surface area is 113 Å². The average molecular weight is 265 g/mol. The van der Waals surface area contributed by atoms with Crippen LogP contribution < -0.4 is 5.32 Å². The largest absolute Gasteiger partial charge is 0.481 e. The molecule has 4 bridgehead atoms. The fourth-order valence-electron chi connectivity index (χ4n) is 5.46. The minimum atomic E-state index is -0.849. The molecule has 0 aromatic carbocycles. The molecule has 4 heteroatoms. The van der Waals surface area contributed by atoms with E-state index in [1.165, 1.54) is 19.3 Å². The number of carboxylic acid groups (broad SMARTS) is 1. The summed E-state index contributed by atoms with van der Waals surface area (Å²) in [7, 11) is 0. The summed E-state index contributed by atoms with van der Waals surface area (Å²) >= 11 is 0. The minimum absolute atomic E-state index is 0.0198. The molecule has 0 aromatic rings. The molecule has 4 rings (SSSR count). The molecule has 2 N–H and O–H groups in total. The maximum atomic E-state index is 12.5. The van der Waals surface area contributed by atoms with Gasteiger partial charge in [-0.15, -0.1) is 0 Å². The number of carbonyl (C=O) groups is 2. The molecule has 2 unspecified atom stereocenters. The summed E-state index contributed by atoms with van der Waals surface area (Å²) in [6, 6.07) is 0. The molecular formula is C15H23NO3. The molecule has 4 aliphatic carbocycles. The Morgan fingerprint density at radius 3 is 2.37 bits per heavy atom. The number of rotatable bonds is 4. The van der Waals surface area contributed by atoms with Gasteiger partial charge in [0.1, 0.15) is 0 Å². The highest BCUT2D eigenvalue weighted by Crippen LogP contribution is 2.65. The first-order valence-corrected chi connectivity index (χ1v) is 7.41. The fraction of sp³-hybridized carbons (Fsp3) is 0.867. The maximum absolute atomic E-state index is 12.5. The van der Waals surface area contributed by atoms with Crippen LogP contribution in [-0.4, -0.2) is 23.5 Å². The van der Waals surface area contributed by atoms with Crippen molar-refractivity contribution in [2.75, 3.05) is 6.54 Å². The number of hydrogen-bond acceptors (Lipinski definition) is 2. The monoisotopic (exact) mass is 265 g/mol. The van der Waals surface area contributed by atoms with Gasteiger partial charge < -0.3 is 10.4 Å². The van der Waals surface area contributed by atoms with E-state index in [-0.39, 0.29) is 24.3 Å². The van der Waals surface area contributed by atoms with Crippen LogP contribution in [0.1, 0.15) is 51.9 Å². The first-order valence-electron chi connectivity index (χ1n) is 7.41. The Kier molecular flexibility index (Phi) is 2.88. The zero-order chi connectivity index (χ0) is 13.7. The smallest absolute Gasteiger partial charge is 0.305 e. The van der Waals surface area contributed by atoms with Gasteiger partial charge in [-0.25, -0.2) is 0 Å². The van der Waals surface area contributed by atoms with Crippen molar-refractivity contribution in [3.05, 3.63) is 0 Å². The third kappa shape index (κ3) is 2.26. The van der Waals surface area contributed by atoms with Crippen LogP contribution in [0.4, 0.5) is 0 Å². The lowest BCUT2D eigenvalue weighted by Gasteiger charge is -2.60. The third-order valence-electron chi connectivity index (χ3n) is 5.46. The fourth-order valence-corrected chi connectivity index (χ4v) is 5.46. The molecule has 4 saturated carbocycles. The van der Waals surface area contributed by atoms with E-state index in [0.29, 0.717) is 5.41 Å². The van der Waals surface area contributed by atoms with E-state index in [2.05, 4.69) is 12.2 Å². The minimum Gasteiger partial charge on any atom is -0.481 e.